The van der Waals surface area contributed by atoms with Gasteiger partial charge in [0.15, 0.2) is 17.3 Å². The van der Waals surface area contributed by atoms with E-state index in [1.54, 1.807) is 6.92 Å². The third-order valence-electron chi connectivity index (χ3n) is 1.47. The number of hydrogen-bond donors (Lipinski definition) is 1. The fraction of sp³-hybridized carbons (Fsp3) is 0.250. The van der Waals surface area contributed by atoms with Gasteiger partial charge in [0.1, 0.15) is 0 Å². The van der Waals surface area contributed by atoms with Crippen LogP contribution in [0.1, 0.15) is 16.2 Å². The molecule has 13 heavy (non-hydrogen) atoms. The number of carboxylic acid groups (broad SMARTS) is 1. The van der Waals surface area contributed by atoms with Crippen molar-refractivity contribution in [1.29, 1.82) is 0 Å². The van der Waals surface area contributed by atoms with Crippen LogP contribution in [0, 0.1) is 12.7 Å². The van der Waals surface area contributed by atoms with Crippen LogP contribution in [-0.4, -0.2) is 23.2 Å². The molecule has 1 aromatic heterocycles. The fourth-order valence-corrected chi connectivity index (χ4v) is 0.918. The molecule has 70 valence electrons. The van der Waals surface area contributed by atoms with Crippen LogP contribution in [0.15, 0.2) is 6.07 Å². The molecule has 0 bridgehead atoms. The summed E-state index contributed by atoms with van der Waals surface area (Å²) < 4.78 is 17.8. The Morgan fingerprint density at radius 3 is 2.77 bits per heavy atom. The van der Waals surface area contributed by atoms with Gasteiger partial charge < -0.3 is 9.84 Å². The number of carbonyl (C=O) groups is 1. The van der Waals surface area contributed by atoms with E-state index in [0.717, 1.165) is 0 Å². The predicted octanol–water partition coefficient (Wildman–Crippen LogP) is 1.24. The Balaban J connectivity index is 3.35. The number of methoxy groups -OCH3 is 1. The zero-order chi connectivity index (χ0) is 10.0. The van der Waals surface area contributed by atoms with Crippen LogP contribution in [-0.2, 0) is 0 Å². The van der Waals surface area contributed by atoms with Crippen LogP contribution in [0.3, 0.4) is 0 Å². The summed E-state index contributed by atoms with van der Waals surface area (Å²) in [4.78, 5) is 14.0. The molecule has 0 aliphatic carbocycles. The zero-order valence-electron chi connectivity index (χ0n) is 7.17. The molecule has 4 nitrogen and oxygen atoms in total. The smallest absolute Gasteiger partial charge is 0.357 e. The Labute approximate surface area is 74.0 Å². The van der Waals surface area contributed by atoms with Crippen molar-refractivity contribution in [3.05, 3.63) is 23.3 Å². The Bertz CT molecular complexity index is 351. The van der Waals surface area contributed by atoms with E-state index < -0.39 is 17.5 Å². The van der Waals surface area contributed by atoms with Crippen molar-refractivity contribution < 1.29 is 19.0 Å². The summed E-state index contributed by atoms with van der Waals surface area (Å²) in [6.07, 6.45) is 0. The van der Waals surface area contributed by atoms with Gasteiger partial charge in [-0.05, 0) is 6.92 Å². The second kappa shape index (κ2) is 3.38. The summed E-state index contributed by atoms with van der Waals surface area (Å²) in [6, 6.07) is 1.34. The minimum Gasteiger partial charge on any atom is -0.494 e. The first-order chi connectivity index (χ1) is 6.06. The quantitative estimate of drug-likeness (QED) is 0.752. The first kappa shape index (κ1) is 9.44. The zero-order valence-corrected chi connectivity index (χ0v) is 7.17. The predicted molar refractivity (Wildman–Crippen MR) is 42.4 cm³/mol. The molecule has 0 saturated carbocycles. The minimum atomic E-state index is -1.40. The highest BCUT2D eigenvalue weighted by molar-refractivity contribution is 5.86. The highest BCUT2D eigenvalue weighted by Gasteiger charge is 2.17. The summed E-state index contributed by atoms with van der Waals surface area (Å²) in [5.41, 5.74) is -0.215. The van der Waals surface area contributed by atoms with Crippen molar-refractivity contribution >= 4 is 5.97 Å². The molecule has 0 aliphatic rings. The number of hydrogen-bond acceptors (Lipinski definition) is 3. The van der Waals surface area contributed by atoms with Gasteiger partial charge in [-0.3, -0.25) is 0 Å². The molecule has 0 spiro atoms. The standard InChI is InChI=1S/C8H8FNO3/c1-4-3-5(13-2)6(9)7(10-4)8(11)12/h3H,1-2H3,(H,11,12). The van der Waals surface area contributed by atoms with E-state index in [0.29, 0.717) is 5.69 Å². The molecule has 1 N–H and O–H groups in total. The fourth-order valence-electron chi connectivity index (χ4n) is 0.918. The van der Waals surface area contributed by atoms with Crippen molar-refractivity contribution in [3.63, 3.8) is 0 Å². The maximum absolute atomic E-state index is 13.1. The van der Waals surface area contributed by atoms with E-state index >= 15 is 0 Å². The summed E-state index contributed by atoms with van der Waals surface area (Å²) >= 11 is 0. The van der Waals surface area contributed by atoms with E-state index in [1.807, 2.05) is 0 Å². The number of nitrogens with zero attached hydrogens (tertiary/aromatic N) is 1. The van der Waals surface area contributed by atoms with Crippen LogP contribution in [0.2, 0.25) is 0 Å². The number of aryl methyl sites for hydroxylation is 1. The second-order valence-corrected chi connectivity index (χ2v) is 2.43. The average molecular weight is 185 g/mol. The summed E-state index contributed by atoms with van der Waals surface area (Å²) in [6.45, 7) is 1.56. The van der Waals surface area contributed by atoms with Gasteiger partial charge in [0.25, 0.3) is 0 Å². The monoisotopic (exact) mass is 185 g/mol. The van der Waals surface area contributed by atoms with Gasteiger partial charge in [0.05, 0.1) is 7.11 Å². The van der Waals surface area contributed by atoms with Gasteiger partial charge in [-0.2, -0.15) is 0 Å². The van der Waals surface area contributed by atoms with Crippen molar-refractivity contribution in [2.75, 3.05) is 7.11 Å². The highest BCUT2D eigenvalue weighted by Crippen LogP contribution is 2.19. The molecule has 5 heteroatoms. The number of rotatable bonds is 2. The third-order valence-corrected chi connectivity index (χ3v) is 1.47. The molecule has 0 fully saturated rings. The number of aromatic nitrogens is 1. The Morgan fingerprint density at radius 2 is 2.31 bits per heavy atom. The molecule has 0 aliphatic heterocycles. The Hall–Kier alpha value is -1.65. The van der Waals surface area contributed by atoms with E-state index in [1.165, 1.54) is 13.2 Å². The molecule has 0 aromatic carbocycles. The molecule has 1 aromatic rings. The molecule has 0 atom stereocenters. The van der Waals surface area contributed by atoms with Gasteiger partial charge in [0.2, 0.25) is 0 Å². The molecule has 0 saturated heterocycles. The normalized spacial score (nSPS) is 9.77. The highest BCUT2D eigenvalue weighted by atomic mass is 19.1. The molecular weight excluding hydrogens is 177 g/mol. The molecule has 0 unspecified atom stereocenters. The van der Waals surface area contributed by atoms with E-state index in [9.17, 15) is 9.18 Å². The first-order valence-corrected chi connectivity index (χ1v) is 3.50. The maximum atomic E-state index is 13.1. The maximum Gasteiger partial charge on any atom is 0.357 e. The SMILES string of the molecule is COc1cc(C)nc(C(=O)O)c1F. The molecular formula is C8H8FNO3. The van der Waals surface area contributed by atoms with Gasteiger partial charge in [-0.25, -0.2) is 14.2 Å². The lowest BCUT2D eigenvalue weighted by Crippen LogP contribution is -2.07. The third kappa shape index (κ3) is 1.74. The van der Waals surface area contributed by atoms with Crippen LogP contribution in [0.5, 0.6) is 5.75 Å². The molecule has 0 amide bonds. The Kier molecular flexibility index (Phi) is 2.46. The van der Waals surface area contributed by atoms with Crippen LogP contribution < -0.4 is 4.74 Å². The van der Waals surface area contributed by atoms with Crippen molar-refractivity contribution in [1.82, 2.24) is 4.98 Å². The van der Waals surface area contributed by atoms with Crippen molar-refractivity contribution in [2.24, 2.45) is 0 Å². The molecule has 1 rings (SSSR count). The molecule has 1 heterocycles. The number of aromatic carboxylic acids is 1. The lowest BCUT2D eigenvalue weighted by molar-refractivity contribution is 0.0683. The van der Waals surface area contributed by atoms with E-state index in [2.05, 4.69) is 9.72 Å². The summed E-state index contributed by atoms with van der Waals surface area (Å²) in [5, 5.41) is 8.55. The van der Waals surface area contributed by atoms with Crippen LogP contribution >= 0.6 is 0 Å². The summed E-state index contributed by atoms with van der Waals surface area (Å²) in [7, 11) is 1.27. The number of ether oxygens (including phenoxy) is 1. The van der Waals surface area contributed by atoms with Gasteiger partial charge in [-0.15, -0.1) is 0 Å². The first-order valence-electron chi connectivity index (χ1n) is 3.50. The lowest BCUT2D eigenvalue weighted by Gasteiger charge is -2.04. The van der Waals surface area contributed by atoms with Gasteiger partial charge in [-0.1, -0.05) is 0 Å². The van der Waals surface area contributed by atoms with Crippen molar-refractivity contribution in [3.8, 4) is 5.75 Å². The van der Waals surface area contributed by atoms with E-state index in [-0.39, 0.29) is 5.75 Å². The lowest BCUT2D eigenvalue weighted by atomic mass is 10.3. The largest absolute Gasteiger partial charge is 0.494 e. The van der Waals surface area contributed by atoms with Gasteiger partial charge in [0, 0.05) is 11.8 Å². The number of halogens is 1. The number of carboxylic acids is 1. The Morgan fingerprint density at radius 1 is 1.69 bits per heavy atom. The minimum absolute atomic E-state index is 0.107. The topological polar surface area (TPSA) is 59.4 Å². The summed E-state index contributed by atoms with van der Waals surface area (Å²) in [5.74, 6) is -2.45. The van der Waals surface area contributed by atoms with Crippen LogP contribution in [0.4, 0.5) is 4.39 Å². The molecule has 0 radical (unpaired) electrons. The average Bonchev–Trinajstić information content (AvgIpc) is 2.08. The van der Waals surface area contributed by atoms with E-state index in [4.69, 9.17) is 5.11 Å². The second-order valence-electron chi connectivity index (χ2n) is 2.43. The van der Waals surface area contributed by atoms with Gasteiger partial charge >= 0.3 is 5.97 Å². The number of pyridine rings is 1. The van der Waals surface area contributed by atoms with Crippen molar-refractivity contribution in [2.45, 2.75) is 6.92 Å². The van der Waals surface area contributed by atoms with Crippen LogP contribution in [0.25, 0.3) is 0 Å².